The predicted molar refractivity (Wildman–Crippen MR) is 78.9 cm³/mol. The van der Waals surface area contributed by atoms with E-state index in [4.69, 9.17) is 5.73 Å². The summed E-state index contributed by atoms with van der Waals surface area (Å²) >= 11 is 3.46. The third-order valence-electron chi connectivity index (χ3n) is 3.24. The molecule has 0 saturated heterocycles. The lowest BCUT2D eigenvalue weighted by molar-refractivity contribution is 0.252. The van der Waals surface area contributed by atoms with Gasteiger partial charge in [0.1, 0.15) is 0 Å². The number of rotatable bonds is 4. The Hall–Kier alpha value is -0.540. The van der Waals surface area contributed by atoms with Crippen LogP contribution < -0.4 is 11.1 Å². The third-order valence-corrected chi connectivity index (χ3v) is 3.70. The molecule has 1 unspecified atom stereocenters. The van der Waals surface area contributed by atoms with Crippen LogP contribution >= 0.6 is 15.9 Å². The van der Waals surface area contributed by atoms with E-state index in [1.54, 1.807) is 0 Å². The molecule has 1 aromatic carbocycles. The fourth-order valence-electron chi connectivity index (χ4n) is 1.52. The summed E-state index contributed by atoms with van der Waals surface area (Å²) in [5.74, 6) is 0.645. The first-order valence-electron chi connectivity index (χ1n) is 6.04. The van der Waals surface area contributed by atoms with Crippen molar-refractivity contribution in [1.82, 2.24) is 5.32 Å². The Morgan fingerprint density at radius 3 is 2.47 bits per heavy atom. The molecule has 0 fully saturated rings. The van der Waals surface area contributed by atoms with Crippen LogP contribution in [0.3, 0.4) is 0 Å². The summed E-state index contributed by atoms with van der Waals surface area (Å²) in [6.45, 7) is 11.0. The molecule has 3 N–H and O–H groups in total. The SMILES string of the molecule is CC(CNCc1cc(N)cc(Br)c1)C(C)(C)C. The van der Waals surface area contributed by atoms with Crippen molar-refractivity contribution in [2.75, 3.05) is 12.3 Å². The maximum Gasteiger partial charge on any atom is 0.0328 e. The lowest BCUT2D eigenvalue weighted by Gasteiger charge is -2.27. The minimum Gasteiger partial charge on any atom is -0.399 e. The van der Waals surface area contributed by atoms with Crippen molar-refractivity contribution in [3.05, 3.63) is 28.2 Å². The van der Waals surface area contributed by atoms with Crippen LogP contribution in [0.4, 0.5) is 5.69 Å². The molecule has 1 atom stereocenters. The Labute approximate surface area is 113 Å². The molecule has 96 valence electrons. The van der Waals surface area contributed by atoms with Gasteiger partial charge in [0.25, 0.3) is 0 Å². The number of nitrogens with two attached hydrogens (primary N) is 1. The Kier molecular flexibility index (Phi) is 5.02. The van der Waals surface area contributed by atoms with Crippen molar-refractivity contribution in [2.45, 2.75) is 34.2 Å². The van der Waals surface area contributed by atoms with Gasteiger partial charge in [0.15, 0.2) is 0 Å². The largest absolute Gasteiger partial charge is 0.399 e. The van der Waals surface area contributed by atoms with Crippen LogP contribution in [0.25, 0.3) is 0 Å². The summed E-state index contributed by atoms with van der Waals surface area (Å²) in [4.78, 5) is 0. The van der Waals surface area contributed by atoms with Gasteiger partial charge in [-0.15, -0.1) is 0 Å². The van der Waals surface area contributed by atoms with Gasteiger partial charge in [-0.2, -0.15) is 0 Å². The van der Waals surface area contributed by atoms with Gasteiger partial charge in [0.05, 0.1) is 0 Å². The number of hydrogen-bond donors (Lipinski definition) is 2. The maximum absolute atomic E-state index is 5.80. The summed E-state index contributed by atoms with van der Waals surface area (Å²) in [5.41, 5.74) is 8.18. The van der Waals surface area contributed by atoms with E-state index in [-0.39, 0.29) is 0 Å². The van der Waals surface area contributed by atoms with Crippen LogP contribution in [-0.2, 0) is 6.54 Å². The van der Waals surface area contributed by atoms with Gasteiger partial charge < -0.3 is 11.1 Å². The first kappa shape index (κ1) is 14.5. The minimum atomic E-state index is 0.350. The number of nitrogen functional groups attached to an aromatic ring is 1. The Morgan fingerprint density at radius 1 is 1.29 bits per heavy atom. The van der Waals surface area contributed by atoms with Crippen molar-refractivity contribution in [3.8, 4) is 0 Å². The summed E-state index contributed by atoms with van der Waals surface area (Å²) in [5, 5.41) is 3.49. The first-order chi connectivity index (χ1) is 7.79. The highest BCUT2D eigenvalue weighted by atomic mass is 79.9. The van der Waals surface area contributed by atoms with Gasteiger partial charge in [-0.25, -0.2) is 0 Å². The Bertz CT molecular complexity index is 349. The highest BCUT2D eigenvalue weighted by Gasteiger charge is 2.19. The molecule has 1 rings (SSSR count). The van der Waals surface area contributed by atoms with E-state index < -0.39 is 0 Å². The van der Waals surface area contributed by atoms with Gasteiger partial charge in [0, 0.05) is 16.7 Å². The summed E-state index contributed by atoms with van der Waals surface area (Å²) in [6, 6.07) is 6.03. The molecule has 0 saturated carbocycles. The molecule has 2 nitrogen and oxygen atoms in total. The maximum atomic E-state index is 5.80. The van der Waals surface area contributed by atoms with Gasteiger partial charge in [-0.1, -0.05) is 43.6 Å². The fourth-order valence-corrected chi connectivity index (χ4v) is 2.08. The highest BCUT2D eigenvalue weighted by molar-refractivity contribution is 9.10. The molecule has 0 aliphatic heterocycles. The van der Waals surface area contributed by atoms with Gasteiger partial charge in [-0.05, 0) is 41.6 Å². The smallest absolute Gasteiger partial charge is 0.0328 e. The summed E-state index contributed by atoms with van der Waals surface area (Å²) in [7, 11) is 0. The third kappa shape index (κ3) is 5.09. The van der Waals surface area contributed by atoms with Gasteiger partial charge in [-0.3, -0.25) is 0 Å². The first-order valence-corrected chi connectivity index (χ1v) is 6.84. The molecule has 0 spiro atoms. The number of nitrogens with one attached hydrogen (secondary N) is 1. The average molecular weight is 299 g/mol. The zero-order valence-electron chi connectivity index (χ0n) is 11.2. The zero-order chi connectivity index (χ0) is 13.1. The van der Waals surface area contributed by atoms with E-state index >= 15 is 0 Å². The topological polar surface area (TPSA) is 38.0 Å². The summed E-state index contributed by atoms with van der Waals surface area (Å²) in [6.07, 6.45) is 0. The molecule has 3 heteroatoms. The molecular formula is C14H23BrN2. The molecule has 0 radical (unpaired) electrons. The molecule has 0 aliphatic carbocycles. The van der Waals surface area contributed by atoms with Crippen LogP contribution in [0.2, 0.25) is 0 Å². The van der Waals surface area contributed by atoms with E-state index in [2.05, 4.69) is 55.0 Å². The second-order valence-corrected chi connectivity index (χ2v) is 6.71. The van der Waals surface area contributed by atoms with Crippen LogP contribution in [0.15, 0.2) is 22.7 Å². The highest BCUT2D eigenvalue weighted by Crippen LogP contribution is 2.24. The molecular weight excluding hydrogens is 276 g/mol. The monoisotopic (exact) mass is 298 g/mol. The van der Waals surface area contributed by atoms with Gasteiger partial charge >= 0.3 is 0 Å². The Balaban J connectivity index is 2.46. The van der Waals surface area contributed by atoms with Crippen molar-refractivity contribution < 1.29 is 0 Å². The van der Waals surface area contributed by atoms with Crippen molar-refractivity contribution in [3.63, 3.8) is 0 Å². The number of halogens is 1. The van der Waals surface area contributed by atoms with Gasteiger partial charge in [0.2, 0.25) is 0 Å². The molecule has 0 bridgehead atoms. The standard InChI is InChI=1S/C14H23BrN2/c1-10(14(2,3)4)8-17-9-11-5-12(15)7-13(16)6-11/h5-7,10,17H,8-9,16H2,1-4H3. The van der Waals surface area contributed by atoms with E-state index in [1.165, 1.54) is 5.56 Å². The summed E-state index contributed by atoms with van der Waals surface area (Å²) < 4.78 is 1.04. The fraction of sp³-hybridized carbons (Fsp3) is 0.571. The Morgan fingerprint density at radius 2 is 1.94 bits per heavy atom. The normalized spacial score (nSPS) is 13.7. The predicted octanol–water partition coefficient (Wildman–Crippen LogP) is 3.80. The number of anilines is 1. The van der Waals surface area contributed by atoms with E-state index in [0.717, 1.165) is 23.2 Å². The lowest BCUT2D eigenvalue weighted by Crippen LogP contribution is -2.29. The average Bonchev–Trinajstić information content (AvgIpc) is 2.14. The van der Waals surface area contributed by atoms with E-state index in [1.807, 2.05) is 12.1 Å². The molecule has 0 amide bonds. The van der Waals surface area contributed by atoms with Crippen molar-refractivity contribution >= 4 is 21.6 Å². The zero-order valence-corrected chi connectivity index (χ0v) is 12.8. The van der Waals surface area contributed by atoms with Crippen molar-refractivity contribution in [2.24, 2.45) is 11.3 Å². The molecule has 0 aromatic heterocycles. The molecule has 17 heavy (non-hydrogen) atoms. The van der Waals surface area contributed by atoms with Crippen LogP contribution in [0.1, 0.15) is 33.3 Å². The number of hydrogen-bond acceptors (Lipinski definition) is 2. The minimum absolute atomic E-state index is 0.350. The van der Waals surface area contributed by atoms with Crippen molar-refractivity contribution in [1.29, 1.82) is 0 Å². The van der Waals surface area contributed by atoms with Crippen LogP contribution in [0, 0.1) is 11.3 Å². The van der Waals surface area contributed by atoms with Crippen LogP contribution in [0.5, 0.6) is 0 Å². The van der Waals surface area contributed by atoms with Crippen LogP contribution in [-0.4, -0.2) is 6.54 Å². The lowest BCUT2D eigenvalue weighted by atomic mass is 9.82. The molecule has 0 heterocycles. The van der Waals surface area contributed by atoms with E-state index in [0.29, 0.717) is 11.3 Å². The molecule has 0 aliphatic rings. The second kappa shape index (κ2) is 5.87. The quantitative estimate of drug-likeness (QED) is 0.830. The van der Waals surface area contributed by atoms with E-state index in [9.17, 15) is 0 Å². The molecule has 1 aromatic rings. The number of benzene rings is 1. The second-order valence-electron chi connectivity index (χ2n) is 5.79.